The zero-order valence-electron chi connectivity index (χ0n) is 35.0. The number of allylic oxidation sites excluding steroid dienone is 1. The summed E-state index contributed by atoms with van der Waals surface area (Å²) in [4.78, 5) is 35.6. The molecule has 0 radical (unpaired) electrons. The largest absolute Gasteiger partial charge is 0.487 e. The third-order valence-electron chi connectivity index (χ3n) is 10.6. The zero-order chi connectivity index (χ0) is 39.1. The molecular weight excluding hydrogens is 636 g/mol. The van der Waals surface area contributed by atoms with Crippen LogP contribution in [0.4, 0.5) is 0 Å². The minimum Gasteiger partial charge on any atom is -0.487 e. The monoisotopic (exact) mass is 713 g/mol. The number of carbonyl (C=O) groups is 3. The van der Waals surface area contributed by atoms with Crippen LogP contribution in [0.3, 0.4) is 0 Å². The smallest absolute Gasteiger partial charge is 0.311 e. The SMILES string of the molecule is C=C(C)C(=O)CCC(=O)Oc1c(C)c(C)c2c(c1C)CCC(C)(CCCC(C)CCCC(C)CCCC(C)C)O2.CC(C)NC(C)(C)C(=O)CN. The minimum atomic E-state index is -0.483. The van der Waals surface area contributed by atoms with Crippen molar-refractivity contribution in [2.24, 2.45) is 23.5 Å². The molecule has 0 saturated carbocycles. The zero-order valence-corrected chi connectivity index (χ0v) is 35.0. The Morgan fingerprint density at radius 2 is 1.43 bits per heavy atom. The number of nitrogens with one attached hydrogen (secondary N) is 1. The van der Waals surface area contributed by atoms with E-state index < -0.39 is 5.54 Å². The van der Waals surface area contributed by atoms with Gasteiger partial charge in [-0.1, -0.05) is 79.2 Å². The lowest BCUT2D eigenvalue weighted by molar-refractivity contribution is -0.135. The van der Waals surface area contributed by atoms with Gasteiger partial charge in [0.2, 0.25) is 0 Å². The maximum Gasteiger partial charge on any atom is 0.311 e. The van der Waals surface area contributed by atoms with Gasteiger partial charge >= 0.3 is 5.97 Å². The quantitative estimate of drug-likeness (QED) is 0.0742. The molecule has 0 amide bonds. The molecule has 3 N–H and O–H groups in total. The van der Waals surface area contributed by atoms with Crippen LogP contribution < -0.4 is 20.5 Å². The highest BCUT2D eigenvalue weighted by Crippen LogP contribution is 2.45. The summed E-state index contributed by atoms with van der Waals surface area (Å²) < 4.78 is 12.5. The number of nitrogens with two attached hydrogens (primary N) is 1. The second-order valence-corrected chi connectivity index (χ2v) is 17.2. The lowest BCUT2D eigenvalue weighted by Gasteiger charge is -2.38. The number of ketones is 2. The number of hydrogen-bond donors (Lipinski definition) is 2. The van der Waals surface area contributed by atoms with Gasteiger partial charge in [0.15, 0.2) is 11.6 Å². The Balaban J connectivity index is 0.00000101. The Morgan fingerprint density at radius 1 is 0.882 bits per heavy atom. The van der Waals surface area contributed by atoms with Crippen molar-refractivity contribution < 1.29 is 23.9 Å². The summed E-state index contributed by atoms with van der Waals surface area (Å²) in [7, 11) is 0. The van der Waals surface area contributed by atoms with E-state index in [2.05, 4.69) is 53.4 Å². The van der Waals surface area contributed by atoms with Crippen LogP contribution in [0.2, 0.25) is 0 Å². The second kappa shape index (κ2) is 21.9. The summed E-state index contributed by atoms with van der Waals surface area (Å²) in [6.07, 6.45) is 13.7. The maximum atomic E-state index is 12.5. The molecule has 51 heavy (non-hydrogen) atoms. The van der Waals surface area contributed by atoms with Gasteiger partial charge < -0.3 is 20.5 Å². The fraction of sp³-hybridized carbons (Fsp3) is 0.750. The number of fused-ring (bicyclic) bond motifs is 1. The van der Waals surface area contributed by atoms with Crippen LogP contribution >= 0.6 is 0 Å². The molecule has 3 unspecified atom stereocenters. The van der Waals surface area contributed by atoms with Crippen molar-refractivity contribution in [1.29, 1.82) is 0 Å². The van der Waals surface area contributed by atoms with E-state index in [1.807, 2.05) is 41.5 Å². The van der Waals surface area contributed by atoms with Crippen molar-refractivity contribution in [3.63, 3.8) is 0 Å². The standard InChI is InChI=1S/C36H58O4.C8H18N2O/c1-24(2)14-11-15-26(5)16-12-17-27(6)18-13-22-36(10)23-21-31-30(9)34(28(7)29(8)35(31)40-36)39-33(38)20-19-32(37)25(3)4;1-6(2)10-8(3,4)7(11)5-9/h24,26-27H,3,11-23H2,1-2,4-10H3;6,10H,5,9H2,1-4H3. The van der Waals surface area contributed by atoms with E-state index in [1.54, 1.807) is 6.92 Å². The van der Waals surface area contributed by atoms with Gasteiger partial charge in [-0.15, -0.1) is 0 Å². The molecule has 0 aliphatic carbocycles. The van der Waals surface area contributed by atoms with Gasteiger partial charge in [0.1, 0.15) is 17.1 Å². The number of benzene rings is 1. The summed E-state index contributed by atoms with van der Waals surface area (Å²) in [6, 6.07) is 0.306. The van der Waals surface area contributed by atoms with Crippen molar-refractivity contribution >= 4 is 17.5 Å². The van der Waals surface area contributed by atoms with Crippen molar-refractivity contribution in [1.82, 2.24) is 5.32 Å². The van der Waals surface area contributed by atoms with Crippen LogP contribution in [-0.2, 0) is 20.8 Å². The molecule has 1 heterocycles. The molecule has 7 heteroatoms. The molecule has 1 aromatic carbocycles. The molecule has 2 rings (SSSR count). The average Bonchev–Trinajstić information content (AvgIpc) is 3.03. The molecule has 0 saturated heterocycles. The topological polar surface area (TPSA) is 108 Å². The second-order valence-electron chi connectivity index (χ2n) is 17.2. The predicted octanol–water partition coefficient (Wildman–Crippen LogP) is 10.3. The first-order valence-corrected chi connectivity index (χ1v) is 19.9. The van der Waals surface area contributed by atoms with E-state index in [0.717, 1.165) is 65.0 Å². The fourth-order valence-corrected chi connectivity index (χ4v) is 7.06. The third-order valence-corrected chi connectivity index (χ3v) is 10.6. The number of carbonyl (C=O) groups excluding carboxylic acids is 3. The molecule has 7 nitrogen and oxygen atoms in total. The summed E-state index contributed by atoms with van der Waals surface area (Å²) in [5, 5.41) is 3.14. The Morgan fingerprint density at radius 3 is 1.94 bits per heavy atom. The normalized spacial score (nSPS) is 16.9. The lowest BCUT2D eigenvalue weighted by Crippen LogP contribution is -2.52. The molecule has 0 spiro atoms. The average molecular weight is 713 g/mol. The maximum absolute atomic E-state index is 12.5. The number of hydrogen-bond acceptors (Lipinski definition) is 7. The molecule has 1 aliphatic heterocycles. The number of rotatable bonds is 21. The van der Waals surface area contributed by atoms with E-state index in [-0.39, 0.29) is 42.5 Å². The van der Waals surface area contributed by atoms with Gasteiger partial charge in [-0.25, -0.2) is 0 Å². The van der Waals surface area contributed by atoms with Crippen molar-refractivity contribution in [2.75, 3.05) is 6.54 Å². The Labute approximate surface area is 312 Å². The Bertz CT molecular complexity index is 1300. The van der Waals surface area contributed by atoms with Gasteiger partial charge in [0.25, 0.3) is 0 Å². The Hall–Kier alpha value is -2.51. The van der Waals surface area contributed by atoms with Gasteiger partial charge in [-0.05, 0) is 128 Å². The van der Waals surface area contributed by atoms with Gasteiger partial charge in [-0.2, -0.15) is 0 Å². The van der Waals surface area contributed by atoms with Crippen LogP contribution in [0.1, 0.15) is 169 Å². The first-order chi connectivity index (χ1) is 23.6. The summed E-state index contributed by atoms with van der Waals surface area (Å²) in [5.41, 5.74) is 9.18. The molecule has 0 fully saturated rings. The highest BCUT2D eigenvalue weighted by molar-refractivity contribution is 5.96. The van der Waals surface area contributed by atoms with Crippen LogP contribution in [0.15, 0.2) is 12.2 Å². The fourth-order valence-electron chi connectivity index (χ4n) is 7.06. The van der Waals surface area contributed by atoms with Gasteiger partial charge in [0, 0.05) is 18.0 Å². The molecule has 292 valence electrons. The van der Waals surface area contributed by atoms with Crippen LogP contribution in [0, 0.1) is 38.5 Å². The molecule has 1 aromatic rings. The van der Waals surface area contributed by atoms with Gasteiger partial charge in [-0.3, -0.25) is 14.4 Å². The minimum absolute atomic E-state index is 0.0474. The summed E-state index contributed by atoms with van der Waals surface area (Å²) in [5.74, 6) is 3.60. The molecular formula is C44H76N2O5. The predicted molar refractivity (Wildman–Crippen MR) is 214 cm³/mol. The lowest BCUT2D eigenvalue weighted by atomic mass is 9.83. The highest BCUT2D eigenvalue weighted by Gasteiger charge is 2.35. The number of Topliss-reactive ketones (excluding diaryl/α,β-unsaturated/α-hetero) is 2. The van der Waals surface area contributed by atoms with Crippen molar-refractivity contribution in [2.45, 2.75) is 191 Å². The van der Waals surface area contributed by atoms with Crippen molar-refractivity contribution in [3.8, 4) is 11.5 Å². The van der Waals surface area contributed by atoms with E-state index in [9.17, 15) is 14.4 Å². The molecule has 1 aliphatic rings. The number of esters is 1. The first-order valence-electron chi connectivity index (χ1n) is 19.9. The van der Waals surface area contributed by atoms with E-state index in [1.165, 1.54) is 51.4 Å². The van der Waals surface area contributed by atoms with E-state index in [0.29, 0.717) is 17.4 Å². The molecule has 3 atom stereocenters. The number of ether oxygens (including phenoxy) is 2. The van der Waals surface area contributed by atoms with Crippen LogP contribution in [-0.4, -0.2) is 41.3 Å². The van der Waals surface area contributed by atoms with Gasteiger partial charge in [0.05, 0.1) is 18.5 Å². The molecule has 0 aromatic heterocycles. The van der Waals surface area contributed by atoms with E-state index in [4.69, 9.17) is 15.2 Å². The highest BCUT2D eigenvalue weighted by atomic mass is 16.5. The first kappa shape index (κ1) is 46.5. The summed E-state index contributed by atoms with van der Waals surface area (Å²) in [6.45, 7) is 31.0. The molecule has 0 bridgehead atoms. The van der Waals surface area contributed by atoms with Crippen LogP contribution in [0.5, 0.6) is 11.5 Å². The van der Waals surface area contributed by atoms with E-state index >= 15 is 0 Å². The third kappa shape index (κ3) is 16.4. The van der Waals surface area contributed by atoms with Crippen LogP contribution in [0.25, 0.3) is 0 Å². The van der Waals surface area contributed by atoms with Crippen molar-refractivity contribution in [3.05, 3.63) is 34.4 Å². The Kier molecular flexibility index (Phi) is 20.0. The summed E-state index contributed by atoms with van der Waals surface area (Å²) >= 11 is 0.